The van der Waals surface area contributed by atoms with E-state index in [4.69, 9.17) is 5.73 Å². The first-order valence-corrected chi connectivity index (χ1v) is 9.81. The summed E-state index contributed by atoms with van der Waals surface area (Å²) in [7, 11) is 0. The highest BCUT2D eigenvalue weighted by Gasteiger charge is 2.10. The lowest BCUT2D eigenvalue weighted by molar-refractivity contribution is -0.116. The van der Waals surface area contributed by atoms with Crippen LogP contribution in [0.5, 0.6) is 0 Å². The fourth-order valence-electron chi connectivity index (χ4n) is 3.03. The number of aromatic nitrogens is 2. The third kappa shape index (κ3) is 5.41. The molecule has 0 saturated carbocycles. The molecule has 0 unspecified atom stereocenters. The van der Waals surface area contributed by atoms with Crippen LogP contribution in [0.4, 0.5) is 5.82 Å². The summed E-state index contributed by atoms with van der Waals surface area (Å²) in [6, 6.07) is 12.1. The monoisotopic (exact) mass is 388 g/mol. The van der Waals surface area contributed by atoms with E-state index in [2.05, 4.69) is 55.1 Å². The Morgan fingerprint density at radius 2 is 1.97 bits per heavy atom. The first-order chi connectivity index (χ1) is 13.7. The molecule has 0 radical (unpaired) electrons. The highest BCUT2D eigenvalue weighted by molar-refractivity contribution is 5.94. The molecular formula is C24H28N4O. The Morgan fingerprint density at radius 3 is 2.69 bits per heavy atom. The van der Waals surface area contributed by atoms with Crippen LogP contribution in [0.25, 0.3) is 28.2 Å². The van der Waals surface area contributed by atoms with Crippen molar-refractivity contribution in [2.75, 3.05) is 12.3 Å². The van der Waals surface area contributed by atoms with Crippen molar-refractivity contribution in [3.05, 3.63) is 59.8 Å². The standard InChI is InChI=1S/C24H28N4O/c1-16-7-5-6-8-19(16)20-14-18-13-17(23(25)28-21(18)15-27-20)9-10-22(29)26-12-11-24(2,3)4/h5-10,13-15H,11-12H2,1-4H3,(H2,25,28)(H,26,29). The van der Waals surface area contributed by atoms with Gasteiger partial charge in [-0.1, -0.05) is 45.0 Å². The number of aryl methyl sites for hydroxylation is 1. The van der Waals surface area contributed by atoms with Crippen molar-refractivity contribution in [2.24, 2.45) is 5.41 Å². The molecule has 0 bridgehead atoms. The summed E-state index contributed by atoms with van der Waals surface area (Å²) >= 11 is 0. The van der Waals surface area contributed by atoms with Crippen LogP contribution in [0, 0.1) is 12.3 Å². The van der Waals surface area contributed by atoms with Gasteiger partial charge < -0.3 is 11.1 Å². The summed E-state index contributed by atoms with van der Waals surface area (Å²) in [4.78, 5) is 21.1. The van der Waals surface area contributed by atoms with E-state index in [9.17, 15) is 4.79 Å². The SMILES string of the molecule is Cc1ccccc1-c1cc2cc(C=CC(=O)NCCC(C)(C)C)c(N)nc2cn1. The highest BCUT2D eigenvalue weighted by Crippen LogP contribution is 2.26. The quantitative estimate of drug-likeness (QED) is 0.618. The topological polar surface area (TPSA) is 80.9 Å². The fraction of sp³-hybridized carbons (Fsp3) is 0.292. The number of carbonyl (C=O) groups is 1. The van der Waals surface area contributed by atoms with E-state index in [1.54, 1.807) is 12.3 Å². The first-order valence-electron chi connectivity index (χ1n) is 9.81. The number of pyridine rings is 2. The van der Waals surface area contributed by atoms with Gasteiger partial charge in [0, 0.05) is 29.1 Å². The summed E-state index contributed by atoms with van der Waals surface area (Å²) < 4.78 is 0. The lowest BCUT2D eigenvalue weighted by Crippen LogP contribution is -2.25. The minimum absolute atomic E-state index is 0.135. The summed E-state index contributed by atoms with van der Waals surface area (Å²) in [5.41, 5.74) is 10.8. The zero-order valence-corrected chi connectivity index (χ0v) is 17.5. The van der Waals surface area contributed by atoms with E-state index < -0.39 is 0 Å². The molecular weight excluding hydrogens is 360 g/mol. The number of nitrogen functional groups attached to an aromatic ring is 1. The lowest BCUT2D eigenvalue weighted by Gasteiger charge is -2.17. The second-order valence-electron chi connectivity index (χ2n) is 8.48. The van der Waals surface area contributed by atoms with Crippen LogP contribution in [0.1, 0.15) is 38.3 Å². The first kappa shape index (κ1) is 20.5. The molecule has 3 N–H and O–H groups in total. The second kappa shape index (κ2) is 8.43. The minimum Gasteiger partial charge on any atom is -0.383 e. The van der Waals surface area contributed by atoms with Crippen molar-refractivity contribution in [1.82, 2.24) is 15.3 Å². The normalized spacial score (nSPS) is 11.9. The van der Waals surface area contributed by atoms with E-state index in [-0.39, 0.29) is 11.3 Å². The van der Waals surface area contributed by atoms with Gasteiger partial charge in [-0.2, -0.15) is 0 Å². The molecule has 5 nitrogen and oxygen atoms in total. The van der Waals surface area contributed by atoms with Gasteiger partial charge in [0.25, 0.3) is 0 Å². The number of rotatable bonds is 5. The van der Waals surface area contributed by atoms with Gasteiger partial charge in [-0.25, -0.2) is 4.98 Å². The summed E-state index contributed by atoms with van der Waals surface area (Å²) in [5.74, 6) is 0.241. The average molecular weight is 389 g/mol. The van der Waals surface area contributed by atoms with E-state index in [1.165, 1.54) is 6.08 Å². The van der Waals surface area contributed by atoms with Crippen molar-refractivity contribution in [3.63, 3.8) is 0 Å². The van der Waals surface area contributed by atoms with Crippen molar-refractivity contribution >= 4 is 28.7 Å². The molecule has 1 amide bonds. The summed E-state index contributed by atoms with van der Waals surface area (Å²) in [6.07, 6.45) is 5.87. The van der Waals surface area contributed by atoms with Crippen LogP contribution in [-0.4, -0.2) is 22.4 Å². The van der Waals surface area contributed by atoms with E-state index in [0.717, 1.165) is 34.1 Å². The molecule has 0 atom stereocenters. The van der Waals surface area contributed by atoms with Crippen LogP contribution < -0.4 is 11.1 Å². The molecule has 0 spiro atoms. The van der Waals surface area contributed by atoms with Crippen molar-refractivity contribution in [2.45, 2.75) is 34.1 Å². The Balaban J connectivity index is 1.82. The van der Waals surface area contributed by atoms with Crippen molar-refractivity contribution in [1.29, 1.82) is 0 Å². The Labute approximate surface area is 172 Å². The van der Waals surface area contributed by atoms with Gasteiger partial charge in [0.15, 0.2) is 0 Å². The molecule has 0 aliphatic carbocycles. The zero-order valence-electron chi connectivity index (χ0n) is 17.5. The van der Waals surface area contributed by atoms with Crippen molar-refractivity contribution < 1.29 is 4.79 Å². The van der Waals surface area contributed by atoms with Gasteiger partial charge in [-0.05, 0) is 42.5 Å². The molecule has 0 aliphatic rings. The largest absolute Gasteiger partial charge is 0.383 e. The van der Waals surface area contributed by atoms with Gasteiger partial charge in [0.05, 0.1) is 17.4 Å². The van der Waals surface area contributed by atoms with Gasteiger partial charge in [-0.3, -0.25) is 9.78 Å². The third-order valence-electron chi connectivity index (χ3n) is 4.77. The predicted octanol–water partition coefficient (Wildman–Crippen LogP) is 4.75. The summed E-state index contributed by atoms with van der Waals surface area (Å²) in [6.45, 7) is 9.15. The molecule has 1 aromatic carbocycles. The maximum Gasteiger partial charge on any atom is 0.244 e. The molecule has 150 valence electrons. The van der Waals surface area contributed by atoms with Crippen LogP contribution in [0.3, 0.4) is 0 Å². The Bertz CT molecular complexity index is 1060. The molecule has 0 fully saturated rings. The molecule has 0 aliphatic heterocycles. The molecule has 2 heterocycles. The van der Waals surface area contributed by atoms with Crippen LogP contribution in [-0.2, 0) is 4.79 Å². The lowest BCUT2D eigenvalue weighted by atomic mass is 9.92. The number of hydrogen-bond donors (Lipinski definition) is 2. The number of nitrogens with zero attached hydrogens (tertiary/aromatic N) is 2. The fourth-order valence-corrected chi connectivity index (χ4v) is 3.03. The van der Waals surface area contributed by atoms with Crippen LogP contribution >= 0.6 is 0 Å². The Hall–Kier alpha value is -3.21. The molecule has 0 saturated heterocycles. The number of anilines is 1. The van der Waals surface area contributed by atoms with E-state index >= 15 is 0 Å². The number of carbonyl (C=O) groups excluding carboxylic acids is 1. The third-order valence-corrected chi connectivity index (χ3v) is 4.77. The van der Waals surface area contributed by atoms with E-state index in [0.29, 0.717) is 17.9 Å². The van der Waals surface area contributed by atoms with Crippen LogP contribution in [0.2, 0.25) is 0 Å². The molecule has 3 rings (SSSR count). The number of amides is 1. The Morgan fingerprint density at radius 1 is 1.21 bits per heavy atom. The minimum atomic E-state index is -0.135. The summed E-state index contributed by atoms with van der Waals surface area (Å²) in [5, 5.41) is 3.84. The molecule has 2 aromatic heterocycles. The molecule has 3 aromatic rings. The molecule has 29 heavy (non-hydrogen) atoms. The highest BCUT2D eigenvalue weighted by atomic mass is 16.1. The van der Waals surface area contributed by atoms with Crippen molar-refractivity contribution in [3.8, 4) is 11.3 Å². The van der Waals surface area contributed by atoms with Crippen LogP contribution in [0.15, 0.2) is 48.7 Å². The number of nitrogens with one attached hydrogen (secondary N) is 1. The Kier molecular flexibility index (Phi) is 5.97. The van der Waals surface area contributed by atoms with E-state index in [1.807, 2.05) is 24.3 Å². The number of benzene rings is 1. The number of hydrogen-bond acceptors (Lipinski definition) is 4. The zero-order chi connectivity index (χ0) is 21.0. The number of nitrogens with two attached hydrogens (primary N) is 1. The smallest absolute Gasteiger partial charge is 0.244 e. The number of fused-ring (bicyclic) bond motifs is 1. The van der Waals surface area contributed by atoms with Gasteiger partial charge in [-0.15, -0.1) is 0 Å². The van der Waals surface area contributed by atoms with Gasteiger partial charge in [0.2, 0.25) is 5.91 Å². The predicted molar refractivity (Wildman–Crippen MR) is 120 cm³/mol. The van der Waals surface area contributed by atoms with Gasteiger partial charge >= 0.3 is 0 Å². The van der Waals surface area contributed by atoms with Gasteiger partial charge in [0.1, 0.15) is 5.82 Å². The maximum atomic E-state index is 12.1. The maximum absolute atomic E-state index is 12.1. The second-order valence-corrected chi connectivity index (χ2v) is 8.48. The average Bonchev–Trinajstić information content (AvgIpc) is 2.65. The molecule has 5 heteroatoms.